The SMILES string of the molecule is Cc1ccc(N2CC(C(=O)NC3CCC(Oc4ncccn4)CC3)CC2=O)cc1. The highest BCUT2D eigenvalue weighted by Crippen LogP contribution is 2.27. The lowest BCUT2D eigenvalue weighted by Crippen LogP contribution is -2.43. The van der Waals surface area contributed by atoms with Crippen molar-refractivity contribution < 1.29 is 14.3 Å². The number of amides is 2. The molecule has 152 valence electrons. The molecule has 4 rings (SSSR count). The largest absolute Gasteiger partial charge is 0.460 e. The van der Waals surface area contributed by atoms with Crippen LogP contribution in [0.5, 0.6) is 6.01 Å². The molecule has 2 fully saturated rings. The number of benzene rings is 1. The van der Waals surface area contributed by atoms with Crippen molar-refractivity contribution in [2.75, 3.05) is 11.4 Å². The van der Waals surface area contributed by atoms with Crippen molar-refractivity contribution in [3.8, 4) is 6.01 Å². The molecule has 7 heteroatoms. The average molecular weight is 394 g/mol. The number of hydrogen-bond donors (Lipinski definition) is 1. The van der Waals surface area contributed by atoms with Crippen LogP contribution >= 0.6 is 0 Å². The molecule has 1 unspecified atom stereocenters. The van der Waals surface area contributed by atoms with E-state index in [2.05, 4.69) is 15.3 Å². The van der Waals surface area contributed by atoms with Gasteiger partial charge in [0.15, 0.2) is 0 Å². The van der Waals surface area contributed by atoms with Gasteiger partial charge in [-0.3, -0.25) is 9.59 Å². The molecule has 1 saturated carbocycles. The summed E-state index contributed by atoms with van der Waals surface area (Å²) in [6.07, 6.45) is 7.08. The van der Waals surface area contributed by atoms with Gasteiger partial charge < -0.3 is 15.0 Å². The second-order valence-corrected chi connectivity index (χ2v) is 7.87. The zero-order valence-corrected chi connectivity index (χ0v) is 16.6. The molecule has 1 atom stereocenters. The van der Waals surface area contributed by atoms with Gasteiger partial charge in [0.1, 0.15) is 6.10 Å². The standard InChI is InChI=1S/C22H26N4O3/c1-15-3-7-18(8-4-15)26-14-16(13-20(26)27)21(28)25-17-5-9-19(10-6-17)29-22-23-11-2-12-24-22/h2-4,7-8,11-12,16-17,19H,5-6,9-10,13-14H2,1H3,(H,25,28). The van der Waals surface area contributed by atoms with Crippen LogP contribution < -0.4 is 15.0 Å². The Balaban J connectivity index is 1.26. The zero-order chi connectivity index (χ0) is 20.2. The molecule has 2 aromatic rings. The number of nitrogens with one attached hydrogen (secondary N) is 1. The van der Waals surface area contributed by atoms with E-state index in [-0.39, 0.29) is 36.3 Å². The predicted molar refractivity (Wildman–Crippen MR) is 108 cm³/mol. The van der Waals surface area contributed by atoms with Gasteiger partial charge in [0.05, 0.1) is 5.92 Å². The maximum Gasteiger partial charge on any atom is 0.316 e. The van der Waals surface area contributed by atoms with Crippen LogP contribution in [0, 0.1) is 12.8 Å². The second-order valence-electron chi connectivity index (χ2n) is 7.87. The van der Waals surface area contributed by atoms with Gasteiger partial charge in [0.25, 0.3) is 0 Å². The average Bonchev–Trinajstić information content (AvgIpc) is 3.13. The topological polar surface area (TPSA) is 84.4 Å². The predicted octanol–water partition coefficient (Wildman–Crippen LogP) is 2.64. The first-order valence-electron chi connectivity index (χ1n) is 10.2. The minimum absolute atomic E-state index is 0.00831. The Bertz CT molecular complexity index is 848. The Hall–Kier alpha value is -2.96. The summed E-state index contributed by atoms with van der Waals surface area (Å²) in [5.41, 5.74) is 2.00. The van der Waals surface area contributed by atoms with Crippen molar-refractivity contribution >= 4 is 17.5 Å². The van der Waals surface area contributed by atoms with Gasteiger partial charge in [-0.05, 0) is 50.8 Å². The Morgan fingerprint density at radius 1 is 1.10 bits per heavy atom. The molecule has 2 heterocycles. The number of aryl methyl sites for hydroxylation is 1. The molecule has 0 spiro atoms. The molecule has 0 bridgehead atoms. The quantitative estimate of drug-likeness (QED) is 0.843. The minimum Gasteiger partial charge on any atom is -0.460 e. The van der Waals surface area contributed by atoms with Crippen molar-refractivity contribution in [2.24, 2.45) is 5.92 Å². The van der Waals surface area contributed by atoms with Crippen LogP contribution in [0.2, 0.25) is 0 Å². The fourth-order valence-electron chi connectivity index (χ4n) is 4.00. The number of aromatic nitrogens is 2. The molecule has 7 nitrogen and oxygen atoms in total. The highest BCUT2D eigenvalue weighted by molar-refractivity contribution is 6.00. The van der Waals surface area contributed by atoms with Gasteiger partial charge in [0.2, 0.25) is 11.8 Å². The van der Waals surface area contributed by atoms with Gasteiger partial charge in [-0.2, -0.15) is 0 Å². The van der Waals surface area contributed by atoms with Crippen LogP contribution in [-0.4, -0.2) is 40.5 Å². The minimum atomic E-state index is -0.296. The summed E-state index contributed by atoms with van der Waals surface area (Å²) in [6, 6.07) is 10.1. The molecule has 2 aliphatic rings. The summed E-state index contributed by atoms with van der Waals surface area (Å²) in [4.78, 5) is 35.0. The van der Waals surface area contributed by atoms with Crippen LogP contribution in [0.25, 0.3) is 0 Å². The lowest BCUT2D eigenvalue weighted by Gasteiger charge is -2.29. The summed E-state index contributed by atoms with van der Waals surface area (Å²) in [6.45, 7) is 2.45. The Labute approximate surface area is 170 Å². The Morgan fingerprint density at radius 2 is 1.79 bits per heavy atom. The molecule has 1 aliphatic heterocycles. The van der Waals surface area contributed by atoms with E-state index >= 15 is 0 Å². The molecule has 1 aromatic carbocycles. The van der Waals surface area contributed by atoms with Gasteiger partial charge >= 0.3 is 6.01 Å². The smallest absolute Gasteiger partial charge is 0.316 e. The number of anilines is 1. The monoisotopic (exact) mass is 394 g/mol. The van der Waals surface area contributed by atoms with Crippen molar-refractivity contribution in [3.63, 3.8) is 0 Å². The van der Waals surface area contributed by atoms with Gasteiger partial charge in [0, 0.05) is 37.1 Å². The van der Waals surface area contributed by atoms with Crippen molar-refractivity contribution in [1.29, 1.82) is 0 Å². The van der Waals surface area contributed by atoms with E-state index in [0.29, 0.717) is 12.6 Å². The third-order valence-corrected chi connectivity index (χ3v) is 5.68. The summed E-state index contributed by atoms with van der Waals surface area (Å²) in [5.74, 6) is -0.312. The lowest BCUT2D eigenvalue weighted by atomic mass is 9.92. The van der Waals surface area contributed by atoms with E-state index in [1.165, 1.54) is 0 Å². The summed E-state index contributed by atoms with van der Waals surface area (Å²) >= 11 is 0. The first-order valence-corrected chi connectivity index (χ1v) is 10.2. The number of hydrogen-bond acceptors (Lipinski definition) is 5. The fraction of sp³-hybridized carbons (Fsp3) is 0.455. The molecule has 1 saturated heterocycles. The van der Waals surface area contributed by atoms with E-state index in [1.54, 1.807) is 23.4 Å². The summed E-state index contributed by atoms with van der Waals surface area (Å²) in [5, 5.41) is 3.14. The van der Waals surface area contributed by atoms with Gasteiger partial charge in [-0.15, -0.1) is 0 Å². The Morgan fingerprint density at radius 3 is 2.48 bits per heavy atom. The van der Waals surface area contributed by atoms with Gasteiger partial charge in [-0.1, -0.05) is 17.7 Å². The zero-order valence-electron chi connectivity index (χ0n) is 16.6. The van der Waals surface area contributed by atoms with Gasteiger partial charge in [-0.25, -0.2) is 9.97 Å². The molecule has 2 amide bonds. The highest BCUT2D eigenvalue weighted by Gasteiger charge is 2.36. The fourth-order valence-corrected chi connectivity index (χ4v) is 4.00. The first kappa shape index (κ1) is 19.4. The molecule has 29 heavy (non-hydrogen) atoms. The number of carbonyl (C=O) groups is 2. The molecule has 1 aromatic heterocycles. The highest BCUT2D eigenvalue weighted by atomic mass is 16.5. The Kier molecular flexibility index (Phi) is 5.74. The van der Waals surface area contributed by atoms with E-state index in [9.17, 15) is 9.59 Å². The first-order chi connectivity index (χ1) is 14.1. The lowest BCUT2D eigenvalue weighted by molar-refractivity contribution is -0.127. The number of rotatable bonds is 5. The van der Waals surface area contributed by atoms with E-state index in [1.807, 2.05) is 31.2 Å². The maximum absolute atomic E-state index is 12.7. The van der Waals surface area contributed by atoms with E-state index < -0.39 is 0 Å². The van der Waals surface area contributed by atoms with Crippen molar-refractivity contribution in [3.05, 3.63) is 48.3 Å². The number of nitrogens with zero attached hydrogens (tertiary/aromatic N) is 3. The number of carbonyl (C=O) groups excluding carboxylic acids is 2. The van der Waals surface area contributed by atoms with Crippen molar-refractivity contribution in [2.45, 2.75) is 51.2 Å². The normalized spacial score (nSPS) is 24.4. The van der Waals surface area contributed by atoms with Crippen LogP contribution in [-0.2, 0) is 9.59 Å². The van der Waals surface area contributed by atoms with Crippen molar-refractivity contribution in [1.82, 2.24) is 15.3 Å². The van der Waals surface area contributed by atoms with Crippen LogP contribution in [0.3, 0.4) is 0 Å². The summed E-state index contributed by atoms with van der Waals surface area (Å²) in [7, 11) is 0. The maximum atomic E-state index is 12.7. The second kappa shape index (κ2) is 8.59. The van der Waals surface area contributed by atoms with Crippen LogP contribution in [0.1, 0.15) is 37.7 Å². The molecule has 1 N–H and O–H groups in total. The third kappa shape index (κ3) is 4.72. The van der Waals surface area contributed by atoms with E-state index in [0.717, 1.165) is 36.9 Å². The van der Waals surface area contributed by atoms with Crippen LogP contribution in [0.4, 0.5) is 5.69 Å². The third-order valence-electron chi connectivity index (χ3n) is 5.68. The van der Waals surface area contributed by atoms with Crippen LogP contribution in [0.15, 0.2) is 42.7 Å². The molecular formula is C22H26N4O3. The molecule has 0 radical (unpaired) electrons. The molecule has 1 aliphatic carbocycles. The molecular weight excluding hydrogens is 368 g/mol. The number of ether oxygens (including phenoxy) is 1. The van der Waals surface area contributed by atoms with E-state index in [4.69, 9.17) is 4.74 Å². The summed E-state index contributed by atoms with van der Waals surface area (Å²) < 4.78 is 5.81.